The Kier molecular flexibility index (Phi) is 4.39. The molecule has 2 aromatic heterocycles. The van der Waals surface area contributed by atoms with Crippen molar-refractivity contribution in [3.05, 3.63) is 39.8 Å². The van der Waals surface area contributed by atoms with Crippen molar-refractivity contribution in [2.24, 2.45) is 7.05 Å². The summed E-state index contributed by atoms with van der Waals surface area (Å²) in [5, 5.41) is 6.34. The minimum Gasteiger partial charge on any atom is -0.369 e. The third-order valence-corrected chi connectivity index (χ3v) is 5.88. The lowest BCUT2D eigenvalue weighted by atomic mass is 10.1. The molecule has 2 aliphatic heterocycles. The van der Waals surface area contributed by atoms with E-state index >= 15 is 0 Å². The van der Waals surface area contributed by atoms with Crippen molar-refractivity contribution in [2.75, 3.05) is 32.8 Å². The molecule has 4 rings (SSSR count). The summed E-state index contributed by atoms with van der Waals surface area (Å²) in [5.74, 6) is 0.220. The lowest BCUT2D eigenvalue weighted by Crippen LogP contribution is -2.46. The van der Waals surface area contributed by atoms with Gasteiger partial charge in [-0.05, 0) is 29.5 Å². The number of carbonyl (C=O) groups is 1. The number of rotatable bonds is 3. The van der Waals surface area contributed by atoms with Gasteiger partial charge < -0.3 is 9.64 Å². The first kappa shape index (κ1) is 15.8. The molecule has 24 heavy (non-hydrogen) atoms. The molecule has 2 aliphatic rings. The first-order chi connectivity index (χ1) is 11.7. The van der Waals surface area contributed by atoms with Gasteiger partial charge in [0.2, 0.25) is 5.91 Å². The molecule has 0 aromatic carbocycles. The highest BCUT2D eigenvalue weighted by Gasteiger charge is 2.28. The summed E-state index contributed by atoms with van der Waals surface area (Å²) in [4.78, 5) is 18.3. The summed E-state index contributed by atoms with van der Waals surface area (Å²) in [5.41, 5.74) is 2.38. The predicted octanol–water partition coefficient (Wildman–Crippen LogP) is 1.44. The molecule has 1 fully saturated rings. The first-order valence-corrected chi connectivity index (χ1v) is 9.23. The van der Waals surface area contributed by atoms with Crippen LogP contribution in [0.3, 0.4) is 0 Å². The Balaban J connectivity index is 1.37. The summed E-state index contributed by atoms with van der Waals surface area (Å²) in [6.45, 7) is 4.25. The van der Waals surface area contributed by atoms with Gasteiger partial charge in [-0.2, -0.15) is 5.10 Å². The highest BCUT2D eigenvalue weighted by Crippen LogP contribution is 2.25. The van der Waals surface area contributed by atoms with Crippen molar-refractivity contribution in [1.82, 2.24) is 19.6 Å². The summed E-state index contributed by atoms with van der Waals surface area (Å²) in [7, 11) is 1.93. The molecule has 1 amide bonds. The van der Waals surface area contributed by atoms with Crippen molar-refractivity contribution in [3.8, 4) is 0 Å². The SMILES string of the molecule is Cn1nccc1C1CN(CC(=O)N2CCc3sccc3C2)CCO1. The Labute approximate surface area is 145 Å². The maximum Gasteiger partial charge on any atom is 0.237 e. The number of thiophene rings is 1. The molecule has 1 unspecified atom stereocenters. The monoisotopic (exact) mass is 346 g/mol. The number of nitrogens with zero attached hydrogens (tertiary/aromatic N) is 4. The van der Waals surface area contributed by atoms with Crippen LogP contribution in [-0.2, 0) is 29.5 Å². The molecule has 0 saturated carbocycles. The van der Waals surface area contributed by atoms with Crippen LogP contribution >= 0.6 is 11.3 Å². The van der Waals surface area contributed by atoms with Crippen LogP contribution in [0.25, 0.3) is 0 Å². The number of fused-ring (bicyclic) bond motifs is 1. The standard InChI is InChI=1S/C17H22N4O2S/c1-19-14(2-5-18-19)15-11-20(7-8-23-15)12-17(22)21-6-3-16-13(10-21)4-9-24-16/h2,4-5,9,15H,3,6-8,10-12H2,1H3. The zero-order chi connectivity index (χ0) is 16.5. The zero-order valence-corrected chi connectivity index (χ0v) is 14.7. The van der Waals surface area contributed by atoms with E-state index in [2.05, 4.69) is 21.4 Å². The van der Waals surface area contributed by atoms with Gasteiger partial charge in [-0.3, -0.25) is 14.4 Å². The fourth-order valence-electron chi connectivity index (χ4n) is 3.48. The van der Waals surface area contributed by atoms with Crippen LogP contribution in [0.4, 0.5) is 0 Å². The van der Waals surface area contributed by atoms with E-state index in [9.17, 15) is 4.79 Å². The first-order valence-electron chi connectivity index (χ1n) is 8.35. The molecule has 0 radical (unpaired) electrons. The molecule has 2 aromatic rings. The number of hydrogen-bond acceptors (Lipinski definition) is 5. The Bertz CT molecular complexity index is 726. The van der Waals surface area contributed by atoms with Crippen LogP contribution in [0.1, 0.15) is 22.2 Å². The average molecular weight is 346 g/mol. The van der Waals surface area contributed by atoms with Crippen molar-refractivity contribution >= 4 is 17.2 Å². The van der Waals surface area contributed by atoms with E-state index in [4.69, 9.17) is 4.74 Å². The highest BCUT2D eigenvalue weighted by atomic mass is 32.1. The molecule has 1 atom stereocenters. The van der Waals surface area contributed by atoms with Gasteiger partial charge in [0.05, 0.1) is 18.8 Å². The normalized spacial score (nSPS) is 21.7. The second-order valence-corrected chi connectivity index (χ2v) is 7.41. The van der Waals surface area contributed by atoms with Gasteiger partial charge in [-0.25, -0.2) is 0 Å². The van der Waals surface area contributed by atoms with Gasteiger partial charge in [0.25, 0.3) is 0 Å². The van der Waals surface area contributed by atoms with Gasteiger partial charge in [0.1, 0.15) is 6.10 Å². The summed E-state index contributed by atoms with van der Waals surface area (Å²) < 4.78 is 7.72. The van der Waals surface area contributed by atoms with Crippen LogP contribution < -0.4 is 0 Å². The topological polar surface area (TPSA) is 50.6 Å². The molecule has 6 nitrogen and oxygen atoms in total. The maximum atomic E-state index is 12.7. The lowest BCUT2D eigenvalue weighted by molar-refractivity contribution is -0.135. The number of aryl methyl sites for hydroxylation is 1. The molecular formula is C17H22N4O2S. The quantitative estimate of drug-likeness (QED) is 0.844. The van der Waals surface area contributed by atoms with Crippen LogP contribution in [0.15, 0.2) is 23.7 Å². The zero-order valence-electron chi connectivity index (χ0n) is 13.9. The van der Waals surface area contributed by atoms with Gasteiger partial charge in [0.15, 0.2) is 0 Å². The van der Waals surface area contributed by atoms with Crippen molar-refractivity contribution in [2.45, 2.75) is 19.1 Å². The highest BCUT2D eigenvalue weighted by molar-refractivity contribution is 7.10. The maximum absolute atomic E-state index is 12.7. The average Bonchev–Trinajstić information content (AvgIpc) is 3.22. The molecule has 1 saturated heterocycles. The third-order valence-electron chi connectivity index (χ3n) is 4.86. The van der Waals surface area contributed by atoms with E-state index in [0.29, 0.717) is 13.2 Å². The second-order valence-electron chi connectivity index (χ2n) is 6.41. The Morgan fingerprint density at radius 2 is 2.33 bits per heavy atom. The number of carbonyl (C=O) groups excluding carboxylic acids is 1. The van der Waals surface area contributed by atoms with E-state index in [1.807, 2.05) is 22.7 Å². The third kappa shape index (κ3) is 3.11. The molecule has 7 heteroatoms. The lowest BCUT2D eigenvalue weighted by Gasteiger charge is -2.34. The number of ether oxygens (including phenoxy) is 1. The van der Waals surface area contributed by atoms with Crippen LogP contribution in [0.5, 0.6) is 0 Å². The molecule has 128 valence electrons. The molecular weight excluding hydrogens is 324 g/mol. The fraction of sp³-hybridized carbons (Fsp3) is 0.529. The number of amides is 1. The van der Waals surface area contributed by atoms with Crippen molar-refractivity contribution < 1.29 is 9.53 Å². The van der Waals surface area contributed by atoms with E-state index < -0.39 is 0 Å². The fourth-order valence-corrected chi connectivity index (χ4v) is 4.37. The molecule has 0 bridgehead atoms. The molecule has 0 aliphatic carbocycles. The summed E-state index contributed by atoms with van der Waals surface area (Å²) in [6, 6.07) is 4.13. The Hall–Kier alpha value is -1.70. The molecule has 4 heterocycles. The van der Waals surface area contributed by atoms with Crippen molar-refractivity contribution in [1.29, 1.82) is 0 Å². The number of morpholine rings is 1. The van der Waals surface area contributed by atoms with Crippen molar-refractivity contribution in [3.63, 3.8) is 0 Å². The number of aromatic nitrogens is 2. The predicted molar refractivity (Wildman–Crippen MR) is 91.8 cm³/mol. The smallest absolute Gasteiger partial charge is 0.237 e. The van der Waals surface area contributed by atoms with Gasteiger partial charge in [-0.1, -0.05) is 0 Å². The minimum atomic E-state index is -0.0103. The molecule has 0 N–H and O–H groups in total. The van der Waals surface area contributed by atoms with E-state index in [0.717, 1.165) is 38.3 Å². The molecule has 0 spiro atoms. The Morgan fingerprint density at radius 1 is 1.42 bits per heavy atom. The summed E-state index contributed by atoms with van der Waals surface area (Å²) in [6.07, 6.45) is 2.76. The van der Waals surface area contributed by atoms with Gasteiger partial charge in [0, 0.05) is 44.3 Å². The van der Waals surface area contributed by atoms with Crippen LogP contribution in [0.2, 0.25) is 0 Å². The minimum absolute atomic E-state index is 0.0103. The largest absolute Gasteiger partial charge is 0.369 e. The number of hydrogen-bond donors (Lipinski definition) is 0. The van der Waals surface area contributed by atoms with Gasteiger partial charge in [-0.15, -0.1) is 11.3 Å². The van der Waals surface area contributed by atoms with E-state index in [1.54, 1.807) is 17.5 Å². The van der Waals surface area contributed by atoms with Gasteiger partial charge >= 0.3 is 0 Å². The van der Waals surface area contributed by atoms with E-state index in [-0.39, 0.29) is 12.0 Å². The summed E-state index contributed by atoms with van der Waals surface area (Å²) >= 11 is 1.80. The Morgan fingerprint density at radius 3 is 3.17 bits per heavy atom. The van der Waals surface area contributed by atoms with Crippen LogP contribution in [-0.4, -0.2) is 58.3 Å². The van der Waals surface area contributed by atoms with E-state index in [1.165, 1.54) is 10.4 Å². The second kappa shape index (κ2) is 6.66. The van der Waals surface area contributed by atoms with Crippen LogP contribution in [0, 0.1) is 0 Å².